The van der Waals surface area contributed by atoms with E-state index in [0.29, 0.717) is 5.56 Å². The van der Waals surface area contributed by atoms with Crippen LogP contribution in [-0.2, 0) is 6.54 Å². The van der Waals surface area contributed by atoms with Crippen molar-refractivity contribution in [2.45, 2.75) is 13.5 Å². The summed E-state index contributed by atoms with van der Waals surface area (Å²) in [6.45, 7) is 2.16. The Labute approximate surface area is 115 Å². The van der Waals surface area contributed by atoms with Crippen molar-refractivity contribution in [3.05, 3.63) is 53.1 Å². The molecule has 0 aliphatic heterocycles. The van der Waals surface area contributed by atoms with Gasteiger partial charge >= 0.3 is 0 Å². The molecule has 0 fully saturated rings. The van der Waals surface area contributed by atoms with Crippen molar-refractivity contribution in [3.63, 3.8) is 0 Å². The molecule has 0 aliphatic carbocycles. The molecule has 0 saturated carbocycles. The lowest BCUT2D eigenvalue weighted by Crippen LogP contribution is -2.02. The molecule has 106 valence electrons. The number of benzene rings is 2. The molecule has 0 unspecified atom stereocenters. The van der Waals surface area contributed by atoms with Crippen LogP contribution in [0.25, 0.3) is 0 Å². The Bertz CT molecular complexity index is 606. The lowest BCUT2D eigenvalue weighted by atomic mass is 10.1. The highest BCUT2D eigenvalue weighted by atomic mass is 19.1. The summed E-state index contributed by atoms with van der Waals surface area (Å²) in [6.07, 6.45) is 0. The lowest BCUT2D eigenvalue weighted by Gasteiger charge is -2.11. The van der Waals surface area contributed by atoms with Crippen LogP contribution in [0, 0.1) is 18.6 Å². The molecule has 0 bridgehead atoms. The van der Waals surface area contributed by atoms with Crippen LogP contribution in [0.1, 0.15) is 11.1 Å². The number of ether oxygens (including phenoxy) is 1. The number of phenols is 1. The summed E-state index contributed by atoms with van der Waals surface area (Å²) in [4.78, 5) is 0. The van der Waals surface area contributed by atoms with E-state index < -0.39 is 17.4 Å². The van der Waals surface area contributed by atoms with E-state index in [4.69, 9.17) is 9.84 Å². The first-order valence-corrected chi connectivity index (χ1v) is 6.06. The van der Waals surface area contributed by atoms with Gasteiger partial charge in [-0.2, -0.15) is 0 Å². The fourth-order valence-electron chi connectivity index (χ4n) is 1.88. The van der Waals surface area contributed by atoms with Gasteiger partial charge in [0.2, 0.25) is 0 Å². The number of rotatable bonds is 4. The zero-order valence-corrected chi connectivity index (χ0v) is 11.2. The first kappa shape index (κ1) is 14.1. The second-order valence-electron chi connectivity index (χ2n) is 4.44. The molecule has 2 aromatic rings. The Balaban J connectivity index is 2.13. The quantitative estimate of drug-likeness (QED) is 0.898. The maximum Gasteiger partial charge on any atom is 0.187 e. The van der Waals surface area contributed by atoms with Crippen LogP contribution in [0.3, 0.4) is 0 Å². The van der Waals surface area contributed by atoms with Gasteiger partial charge in [0.15, 0.2) is 17.4 Å². The predicted molar refractivity (Wildman–Crippen MR) is 73.1 cm³/mol. The van der Waals surface area contributed by atoms with E-state index in [0.717, 1.165) is 29.1 Å². The number of hydrogen-bond acceptors (Lipinski definition) is 3. The molecule has 2 rings (SSSR count). The number of methoxy groups -OCH3 is 1. The van der Waals surface area contributed by atoms with Gasteiger partial charge in [-0.05, 0) is 48.4 Å². The Morgan fingerprint density at radius 2 is 1.80 bits per heavy atom. The van der Waals surface area contributed by atoms with Gasteiger partial charge in [-0.25, -0.2) is 8.78 Å². The highest BCUT2D eigenvalue weighted by molar-refractivity contribution is 5.54. The summed E-state index contributed by atoms with van der Waals surface area (Å²) in [5.41, 5.74) is 2.22. The average Bonchev–Trinajstić information content (AvgIpc) is 2.43. The fourth-order valence-corrected chi connectivity index (χ4v) is 1.88. The van der Waals surface area contributed by atoms with E-state index in [1.165, 1.54) is 0 Å². The van der Waals surface area contributed by atoms with Crippen LogP contribution >= 0.6 is 0 Å². The molecule has 2 N–H and O–H groups in total. The first-order valence-electron chi connectivity index (χ1n) is 6.06. The molecule has 0 spiro atoms. The second-order valence-corrected chi connectivity index (χ2v) is 4.44. The van der Waals surface area contributed by atoms with Crippen molar-refractivity contribution in [2.75, 3.05) is 12.4 Å². The minimum Gasteiger partial charge on any atom is -0.503 e. The number of hydrogen-bond donors (Lipinski definition) is 2. The molecular formula is C15H15F2NO2. The van der Waals surface area contributed by atoms with Gasteiger partial charge in [0, 0.05) is 12.2 Å². The van der Waals surface area contributed by atoms with E-state index in [2.05, 4.69) is 5.32 Å². The first-order chi connectivity index (χ1) is 9.51. The lowest BCUT2D eigenvalue weighted by molar-refractivity contribution is 0.395. The monoisotopic (exact) mass is 279 g/mol. The van der Waals surface area contributed by atoms with E-state index in [1.54, 1.807) is 13.2 Å². The second kappa shape index (κ2) is 5.77. The summed E-state index contributed by atoms with van der Waals surface area (Å²) in [5.74, 6) is -2.13. The molecule has 20 heavy (non-hydrogen) atoms. The number of aryl methyl sites for hydroxylation is 1. The molecule has 0 aliphatic rings. The van der Waals surface area contributed by atoms with Crippen LogP contribution in [0.15, 0.2) is 30.3 Å². The van der Waals surface area contributed by atoms with Crippen LogP contribution in [-0.4, -0.2) is 12.2 Å². The normalized spacial score (nSPS) is 10.4. The fraction of sp³-hybridized carbons (Fsp3) is 0.200. The summed E-state index contributed by atoms with van der Waals surface area (Å²) in [6, 6.07) is 7.70. The highest BCUT2D eigenvalue weighted by Gasteiger charge is 2.09. The molecular weight excluding hydrogens is 264 g/mol. The standard InChI is InChI=1S/C15H15F2NO2/c1-9-5-11(20-2)3-4-14(9)18-8-10-6-12(16)15(19)13(17)7-10/h3-7,18-19H,8H2,1-2H3. The van der Waals surface area contributed by atoms with Gasteiger partial charge in [-0.1, -0.05) is 0 Å². The Morgan fingerprint density at radius 3 is 2.35 bits per heavy atom. The van der Waals surface area contributed by atoms with E-state index in [1.807, 2.05) is 19.1 Å². The van der Waals surface area contributed by atoms with Crippen LogP contribution in [0.2, 0.25) is 0 Å². The molecule has 2 aromatic carbocycles. The van der Waals surface area contributed by atoms with Crippen LogP contribution in [0.5, 0.6) is 11.5 Å². The summed E-state index contributed by atoms with van der Waals surface area (Å²) < 4.78 is 31.5. The number of halogens is 2. The number of anilines is 1. The minimum atomic E-state index is -0.965. The van der Waals surface area contributed by atoms with Gasteiger partial charge in [-0.15, -0.1) is 0 Å². The largest absolute Gasteiger partial charge is 0.503 e. The van der Waals surface area contributed by atoms with Crippen molar-refractivity contribution in [3.8, 4) is 11.5 Å². The van der Waals surface area contributed by atoms with Crippen molar-refractivity contribution < 1.29 is 18.6 Å². The summed E-state index contributed by atoms with van der Waals surface area (Å²) in [5, 5.41) is 12.1. The van der Waals surface area contributed by atoms with Gasteiger partial charge in [-0.3, -0.25) is 0 Å². The number of phenolic OH excluding ortho intramolecular Hbond substituents is 1. The van der Waals surface area contributed by atoms with Crippen LogP contribution in [0.4, 0.5) is 14.5 Å². The molecule has 0 atom stereocenters. The van der Waals surface area contributed by atoms with Gasteiger partial charge < -0.3 is 15.2 Å². The van der Waals surface area contributed by atoms with Gasteiger partial charge in [0.25, 0.3) is 0 Å². The van der Waals surface area contributed by atoms with Crippen LogP contribution < -0.4 is 10.1 Å². The number of aromatic hydroxyl groups is 1. The summed E-state index contributed by atoms with van der Waals surface area (Å²) in [7, 11) is 1.59. The zero-order chi connectivity index (χ0) is 14.7. The maximum atomic E-state index is 13.2. The maximum absolute atomic E-state index is 13.2. The third-order valence-corrected chi connectivity index (χ3v) is 2.99. The zero-order valence-electron chi connectivity index (χ0n) is 11.2. The SMILES string of the molecule is COc1ccc(NCc2cc(F)c(O)c(F)c2)c(C)c1. The predicted octanol–water partition coefficient (Wildman–Crippen LogP) is 3.60. The van der Waals surface area contributed by atoms with E-state index >= 15 is 0 Å². The average molecular weight is 279 g/mol. The Hall–Kier alpha value is -2.30. The molecule has 5 heteroatoms. The Kier molecular flexibility index (Phi) is 4.08. The van der Waals surface area contributed by atoms with Crippen molar-refractivity contribution >= 4 is 5.69 Å². The molecule has 0 heterocycles. The van der Waals surface area contributed by atoms with Crippen molar-refractivity contribution in [1.29, 1.82) is 0 Å². The third-order valence-electron chi connectivity index (χ3n) is 2.99. The number of nitrogens with one attached hydrogen (secondary N) is 1. The molecule has 0 saturated heterocycles. The molecule has 0 radical (unpaired) electrons. The Morgan fingerprint density at radius 1 is 1.15 bits per heavy atom. The van der Waals surface area contributed by atoms with Crippen molar-refractivity contribution in [1.82, 2.24) is 0 Å². The van der Waals surface area contributed by atoms with E-state index in [-0.39, 0.29) is 6.54 Å². The van der Waals surface area contributed by atoms with E-state index in [9.17, 15) is 8.78 Å². The smallest absolute Gasteiger partial charge is 0.187 e. The van der Waals surface area contributed by atoms with Crippen molar-refractivity contribution in [2.24, 2.45) is 0 Å². The third kappa shape index (κ3) is 2.99. The highest BCUT2D eigenvalue weighted by Crippen LogP contribution is 2.24. The molecule has 0 aromatic heterocycles. The minimum absolute atomic E-state index is 0.251. The van der Waals surface area contributed by atoms with Gasteiger partial charge in [0.1, 0.15) is 5.75 Å². The molecule has 0 amide bonds. The topological polar surface area (TPSA) is 41.5 Å². The molecule has 3 nitrogen and oxygen atoms in total. The van der Waals surface area contributed by atoms with Gasteiger partial charge in [0.05, 0.1) is 7.11 Å². The summed E-state index contributed by atoms with van der Waals surface area (Å²) >= 11 is 0.